The number of nitrogens with one attached hydrogen (secondary N) is 2. The lowest BCUT2D eigenvalue weighted by atomic mass is 9.99. The number of rotatable bonds is 25. The number of aromatic nitrogens is 2. The van der Waals surface area contributed by atoms with E-state index in [4.69, 9.17) is 39.0 Å². The number of amides is 2. The first-order valence-corrected chi connectivity index (χ1v) is 19.4. The molecular formula is C39H58ClN9O7. The third-order valence-corrected chi connectivity index (χ3v) is 9.38. The van der Waals surface area contributed by atoms with E-state index in [1.54, 1.807) is 0 Å². The first-order valence-electron chi connectivity index (χ1n) is 19.0. The molecule has 17 heteroatoms. The zero-order valence-corrected chi connectivity index (χ0v) is 32.6. The lowest BCUT2D eigenvalue weighted by Gasteiger charge is -2.27. The number of benzene rings is 2. The lowest BCUT2D eigenvalue weighted by molar-refractivity contribution is -0.121. The van der Waals surface area contributed by atoms with Crippen LogP contribution in [0.4, 0.5) is 11.6 Å². The maximum Gasteiger partial charge on any atom is 0.280 e. The van der Waals surface area contributed by atoms with Crippen molar-refractivity contribution in [2.75, 3.05) is 57.4 Å². The smallest absolute Gasteiger partial charge is 0.280 e. The molecule has 0 bridgehead atoms. The number of aliphatic hydroxyl groups excluding tert-OH is 5. The van der Waals surface area contributed by atoms with Gasteiger partial charge in [0, 0.05) is 58.8 Å². The zero-order valence-electron chi connectivity index (χ0n) is 31.8. The topological polar surface area (TPSA) is 279 Å². The molecule has 3 aromatic rings. The summed E-state index contributed by atoms with van der Waals surface area (Å²) in [4.78, 5) is 38.8. The third-order valence-electron chi connectivity index (χ3n) is 9.10. The zero-order chi connectivity index (χ0) is 40.9. The van der Waals surface area contributed by atoms with Crippen LogP contribution in [-0.2, 0) is 17.6 Å². The number of aryl methyl sites for hydroxylation is 2. The number of hydrogen-bond donors (Lipinski definition) is 10. The number of hydrogen-bond acceptors (Lipinski definition) is 13. The van der Waals surface area contributed by atoms with Gasteiger partial charge in [0.05, 0.1) is 18.3 Å². The predicted octanol–water partition coefficient (Wildman–Crippen LogP) is 1.40. The number of anilines is 2. The van der Waals surface area contributed by atoms with E-state index >= 15 is 0 Å². The molecule has 2 amide bonds. The van der Waals surface area contributed by atoms with Crippen LogP contribution in [0.15, 0.2) is 53.5 Å². The molecule has 308 valence electrons. The SMILES string of the molecule is NC(=NCCCCc1ccc(-c2ccc(CCC(=O)NCCN(CCC(O)CCCO)CC(O)CC(O)CCO)cc2)cc1)NC(=O)c1nc(Cl)c(N)nc1N. The molecular weight excluding hydrogens is 742 g/mol. The average Bonchev–Trinajstić information content (AvgIpc) is 3.17. The Morgan fingerprint density at radius 1 is 0.786 bits per heavy atom. The van der Waals surface area contributed by atoms with Crippen LogP contribution in [0.3, 0.4) is 0 Å². The molecule has 0 aliphatic carbocycles. The number of carbonyl (C=O) groups is 2. The number of halogens is 1. The minimum Gasteiger partial charge on any atom is -0.396 e. The summed E-state index contributed by atoms with van der Waals surface area (Å²) in [6.07, 6.45) is 2.91. The highest BCUT2D eigenvalue weighted by Gasteiger charge is 2.18. The van der Waals surface area contributed by atoms with Gasteiger partial charge in [-0.2, -0.15) is 0 Å². The van der Waals surface area contributed by atoms with E-state index in [-0.39, 0.29) is 66.9 Å². The summed E-state index contributed by atoms with van der Waals surface area (Å²) in [5.74, 6) is -1.08. The van der Waals surface area contributed by atoms with Crippen molar-refractivity contribution in [3.05, 3.63) is 70.5 Å². The molecule has 0 aliphatic heterocycles. The summed E-state index contributed by atoms with van der Waals surface area (Å²) in [5.41, 5.74) is 21.3. The van der Waals surface area contributed by atoms with E-state index in [0.29, 0.717) is 58.3 Å². The van der Waals surface area contributed by atoms with Crippen molar-refractivity contribution < 1.29 is 35.1 Å². The van der Waals surface area contributed by atoms with Gasteiger partial charge in [-0.25, -0.2) is 9.97 Å². The molecule has 1 aromatic heterocycles. The molecule has 0 spiro atoms. The van der Waals surface area contributed by atoms with Crippen molar-refractivity contribution in [2.45, 2.75) is 82.5 Å². The van der Waals surface area contributed by atoms with Gasteiger partial charge in [0.15, 0.2) is 28.4 Å². The summed E-state index contributed by atoms with van der Waals surface area (Å²) >= 11 is 5.83. The summed E-state index contributed by atoms with van der Waals surface area (Å²) in [6, 6.07) is 16.5. The Morgan fingerprint density at radius 2 is 1.45 bits per heavy atom. The van der Waals surface area contributed by atoms with Crippen molar-refractivity contribution in [2.24, 2.45) is 10.7 Å². The van der Waals surface area contributed by atoms with Gasteiger partial charge in [0.2, 0.25) is 5.91 Å². The van der Waals surface area contributed by atoms with E-state index in [0.717, 1.165) is 36.0 Å². The Balaban J connectivity index is 1.37. The number of unbranched alkanes of at least 4 members (excludes halogenated alkanes) is 1. The molecule has 3 rings (SSSR count). The van der Waals surface area contributed by atoms with Crippen LogP contribution in [0, 0.1) is 0 Å². The van der Waals surface area contributed by atoms with Crippen LogP contribution < -0.4 is 27.8 Å². The van der Waals surface area contributed by atoms with Crippen molar-refractivity contribution in [1.29, 1.82) is 0 Å². The van der Waals surface area contributed by atoms with Gasteiger partial charge in [-0.3, -0.25) is 24.8 Å². The normalized spacial score (nSPS) is 13.4. The second-order valence-corrected chi connectivity index (χ2v) is 14.1. The highest BCUT2D eigenvalue weighted by atomic mass is 35.5. The Kier molecular flexibility index (Phi) is 20.5. The molecule has 0 fully saturated rings. The number of aliphatic imine (C=N–C) groups is 1. The maximum atomic E-state index is 12.7. The Labute approximate surface area is 333 Å². The highest BCUT2D eigenvalue weighted by molar-refractivity contribution is 6.31. The van der Waals surface area contributed by atoms with Crippen LogP contribution in [0.25, 0.3) is 11.1 Å². The van der Waals surface area contributed by atoms with Gasteiger partial charge in [-0.15, -0.1) is 0 Å². The largest absolute Gasteiger partial charge is 0.396 e. The van der Waals surface area contributed by atoms with Gasteiger partial charge in [-0.05, 0) is 73.6 Å². The summed E-state index contributed by atoms with van der Waals surface area (Å²) in [7, 11) is 0. The fraction of sp³-hybridized carbons (Fsp3) is 0.513. The van der Waals surface area contributed by atoms with Gasteiger partial charge in [-0.1, -0.05) is 60.1 Å². The fourth-order valence-electron chi connectivity index (χ4n) is 5.94. The second kappa shape index (κ2) is 25.0. The highest BCUT2D eigenvalue weighted by Crippen LogP contribution is 2.22. The summed E-state index contributed by atoms with van der Waals surface area (Å²) in [6.45, 7) is 1.83. The van der Waals surface area contributed by atoms with Crippen LogP contribution in [0.1, 0.15) is 73.0 Å². The molecule has 0 saturated carbocycles. The molecule has 0 radical (unpaired) electrons. The summed E-state index contributed by atoms with van der Waals surface area (Å²) in [5, 5.41) is 53.9. The molecule has 2 aromatic carbocycles. The standard InChI is InChI=1S/C39H58ClN9O7/c40-35-37(42)47-36(41)34(46-35)38(56)48-39(43)45-18-2-1-4-26-6-11-28(12-7-26)29-13-8-27(9-14-29)10-15-33(55)44-19-21-49(20-16-30(52)5-3-22-50)25-32(54)24-31(53)17-23-51/h6-9,11-14,30-32,50-54H,1-5,10,15-25H2,(H,44,55)(H4,41,42,47)(H3,43,45,48,56). The van der Waals surface area contributed by atoms with E-state index in [1.807, 2.05) is 29.2 Å². The first kappa shape index (κ1) is 46.0. The predicted molar refractivity (Wildman–Crippen MR) is 218 cm³/mol. The average molecular weight is 800 g/mol. The van der Waals surface area contributed by atoms with Crippen molar-refractivity contribution in [3.63, 3.8) is 0 Å². The Morgan fingerprint density at radius 3 is 2.09 bits per heavy atom. The number of aliphatic hydroxyl groups is 5. The molecule has 3 unspecified atom stereocenters. The molecule has 56 heavy (non-hydrogen) atoms. The number of nitrogens with two attached hydrogens (primary N) is 3. The van der Waals surface area contributed by atoms with Gasteiger partial charge in [0.25, 0.3) is 5.91 Å². The number of carbonyl (C=O) groups excluding carboxylic acids is 2. The third kappa shape index (κ3) is 17.2. The molecule has 1 heterocycles. The second-order valence-electron chi connectivity index (χ2n) is 13.7. The molecule has 13 N–H and O–H groups in total. The molecule has 16 nitrogen and oxygen atoms in total. The Hall–Kier alpha value is -4.42. The van der Waals surface area contributed by atoms with Crippen LogP contribution in [0.2, 0.25) is 5.15 Å². The summed E-state index contributed by atoms with van der Waals surface area (Å²) < 4.78 is 0. The van der Waals surface area contributed by atoms with Crippen LogP contribution in [0.5, 0.6) is 0 Å². The maximum absolute atomic E-state index is 12.7. The monoisotopic (exact) mass is 799 g/mol. The first-order chi connectivity index (χ1) is 26.9. The van der Waals surface area contributed by atoms with Gasteiger partial charge in [0.1, 0.15) is 0 Å². The van der Waals surface area contributed by atoms with Crippen molar-refractivity contribution in [1.82, 2.24) is 25.5 Å². The van der Waals surface area contributed by atoms with Gasteiger partial charge >= 0.3 is 0 Å². The molecule has 0 saturated heterocycles. The van der Waals surface area contributed by atoms with E-state index in [9.17, 15) is 24.9 Å². The van der Waals surface area contributed by atoms with E-state index in [2.05, 4.69) is 49.9 Å². The van der Waals surface area contributed by atoms with E-state index < -0.39 is 24.2 Å². The fourth-order valence-corrected chi connectivity index (χ4v) is 6.07. The minimum absolute atomic E-state index is 0.0100. The minimum atomic E-state index is -0.823. The van der Waals surface area contributed by atoms with Crippen molar-refractivity contribution >= 4 is 41.0 Å². The lowest BCUT2D eigenvalue weighted by Crippen LogP contribution is -2.41. The quantitative estimate of drug-likeness (QED) is 0.0330. The molecule has 0 aliphatic rings. The van der Waals surface area contributed by atoms with Crippen LogP contribution in [-0.4, -0.2) is 122 Å². The van der Waals surface area contributed by atoms with Crippen molar-refractivity contribution in [3.8, 4) is 11.1 Å². The molecule has 3 atom stereocenters. The number of nitrogens with zero attached hydrogens (tertiary/aromatic N) is 4. The number of guanidine groups is 1. The van der Waals surface area contributed by atoms with Crippen LogP contribution >= 0.6 is 11.6 Å². The van der Waals surface area contributed by atoms with Gasteiger partial charge < -0.3 is 48.1 Å². The Bertz CT molecular complexity index is 1670. The van der Waals surface area contributed by atoms with E-state index in [1.165, 1.54) is 5.56 Å². The number of nitrogen functional groups attached to an aromatic ring is 2.